The molecular weight excluding hydrogens is 203 g/mol. The van der Waals surface area contributed by atoms with Gasteiger partial charge in [-0.15, -0.1) is 0 Å². The quantitative estimate of drug-likeness (QED) is 0.847. The Bertz CT molecular complexity index is 363. The van der Waals surface area contributed by atoms with Crippen LogP contribution in [0.15, 0.2) is 18.2 Å². The minimum Gasteiger partial charge on any atom is -0.329 e. The molecule has 1 unspecified atom stereocenters. The van der Waals surface area contributed by atoms with E-state index in [4.69, 9.17) is 5.73 Å². The van der Waals surface area contributed by atoms with Gasteiger partial charge in [0.25, 0.3) is 0 Å². The molecule has 0 aliphatic carbocycles. The van der Waals surface area contributed by atoms with Crippen molar-refractivity contribution < 1.29 is 4.39 Å². The summed E-state index contributed by atoms with van der Waals surface area (Å²) in [5, 5.41) is 0. The van der Waals surface area contributed by atoms with Crippen molar-refractivity contribution in [2.75, 3.05) is 20.6 Å². The Morgan fingerprint density at radius 2 is 2.00 bits per heavy atom. The summed E-state index contributed by atoms with van der Waals surface area (Å²) in [6.07, 6.45) is 0.831. The van der Waals surface area contributed by atoms with Crippen molar-refractivity contribution in [2.24, 2.45) is 5.73 Å². The molecule has 16 heavy (non-hydrogen) atoms. The molecule has 0 spiro atoms. The highest BCUT2D eigenvalue weighted by Crippen LogP contribution is 2.19. The third kappa shape index (κ3) is 2.80. The van der Waals surface area contributed by atoms with Crippen LogP contribution < -0.4 is 5.73 Å². The number of nitrogens with two attached hydrogens (primary N) is 1. The predicted octanol–water partition coefficient (Wildman–Crippen LogP) is 1.96. The van der Waals surface area contributed by atoms with E-state index in [9.17, 15) is 4.39 Å². The lowest BCUT2D eigenvalue weighted by Gasteiger charge is -2.35. The Labute approximate surface area is 97.3 Å². The van der Waals surface area contributed by atoms with Crippen LogP contribution in [0.2, 0.25) is 0 Å². The van der Waals surface area contributed by atoms with Crippen molar-refractivity contribution in [3.8, 4) is 0 Å². The number of hydrogen-bond acceptors (Lipinski definition) is 2. The fraction of sp³-hybridized carbons (Fsp3) is 0.538. The summed E-state index contributed by atoms with van der Waals surface area (Å²) >= 11 is 0. The topological polar surface area (TPSA) is 29.3 Å². The minimum absolute atomic E-state index is 0.0791. The van der Waals surface area contributed by atoms with E-state index in [-0.39, 0.29) is 11.4 Å². The van der Waals surface area contributed by atoms with Gasteiger partial charge in [0, 0.05) is 12.1 Å². The Morgan fingerprint density at radius 1 is 1.38 bits per heavy atom. The highest BCUT2D eigenvalue weighted by molar-refractivity contribution is 5.25. The Balaban J connectivity index is 2.90. The van der Waals surface area contributed by atoms with Crippen LogP contribution in [-0.2, 0) is 6.42 Å². The molecule has 0 heterocycles. The van der Waals surface area contributed by atoms with Gasteiger partial charge in [-0.3, -0.25) is 0 Å². The zero-order chi connectivity index (χ0) is 12.3. The van der Waals surface area contributed by atoms with E-state index < -0.39 is 0 Å². The fourth-order valence-electron chi connectivity index (χ4n) is 1.67. The number of aryl methyl sites for hydroxylation is 1. The van der Waals surface area contributed by atoms with Gasteiger partial charge in [-0.05, 0) is 51.6 Å². The van der Waals surface area contributed by atoms with E-state index in [1.807, 2.05) is 26.2 Å². The van der Waals surface area contributed by atoms with E-state index in [0.717, 1.165) is 12.0 Å². The first-order valence-corrected chi connectivity index (χ1v) is 5.51. The summed E-state index contributed by atoms with van der Waals surface area (Å²) in [5.74, 6) is -0.150. The van der Waals surface area contributed by atoms with E-state index in [2.05, 4.69) is 11.8 Å². The van der Waals surface area contributed by atoms with Crippen LogP contribution in [0.25, 0.3) is 0 Å². The summed E-state index contributed by atoms with van der Waals surface area (Å²) in [4.78, 5) is 2.12. The molecule has 0 radical (unpaired) electrons. The highest BCUT2D eigenvalue weighted by atomic mass is 19.1. The molecular formula is C13H21FN2. The van der Waals surface area contributed by atoms with Gasteiger partial charge in [0.1, 0.15) is 5.82 Å². The van der Waals surface area contributed by atoms with Crippen LogP contribution in [0.1, 0.15) is 18.1 Å². The lowest BCUT2D eigenvalue weighted by Crippen LogP contribution is -2.49. The fourth-order valence-corrected chi connectivity index (χ4v) is 1.67. The van der Waals surface area contributed by atoms with Crippen LogP contribution in [0.4, 0.5) is 4.39 Å². The Morgan fingerprint density at radius 3 is 2.44 bits per heavy atom. The Hall–Kier alpha value is -0.930. The monoisotopic (exact) mass is 224 g/mol. The molecule has 0 aliphatic rings. The van der Waals surface area contributed by atoms with Crippen LogP contribution in [0, 0.1) is 12.7 Å². The largest absolute Gasteiger partial charge is 0.329 e. The lowest BCUT2D eigenvalue weighted by atomic mass is 9.91. The third-order valence-corrected chi connectivity index (χ3v) is 3.33. The van der Waals surface area contributed by atoms with Gasteiger partial charge >= 0.3 is 0 Å². The number of halogens is 1. The van der Waals surface area contributed by atoms with Crippen molar-refractivity contribution in [2.45, 2.75) is 25.8 Å². The normalized spacial score (nSPS) is 15.2. The molecule has 0 bridgehead atoms. The first kappa shape index (κ1) is 13.1. The van der Waals surface area contributed by atoms with E-state index in [0.29, 0.717) is 12.1 Å². The highest BCUT2D eigenvalue weighted by Gasteiger charge is 2.25. The summed E-state index contributed by atoms with van der Waals surface area (Å²) in [6.45, 7) is 4.48. The first-order valence-electron chi connectivity index (χ1n) is 5.51. The molecule has 1 aromatic rings. The first-order chi connectivity index (χ1) is 7.39. The Kier molecular flexibility index (Phi) is 4.05. The van der Waals surface area contributed by atoms with E-state index in [1.165, 1.54) is 6.07 Å². The van der Waals surface area contributed by atoms with Crippen molar-refractivity contribution in [3.63, 3.8) is 0 Å². The molecule has 2 N–H and O–H groups in total. The van der Waals surface area contributed by atoms with Crippen molar-refractivity contribution in [1.82, 2.24) is 4.90 Å². The molecule has 0 saturated heterocycles. The summed E-state index contributed by atoms with van der Waals surface area (Å²) in [5.41, 5.74) is 7.54. The average molecular weight is 224 g/mol. The number of likely N-dealkylation sites (N-methyl/N-ethyl adjacent to an activating group) is 1. The van der Waals surface area contributed by atoms with Gasteiger partial charge in [0.15, 0.2) is 0 Å². The summed E-state index contributed by atoms with van der Waals surface area (Å²) < 4.78 is 13.1. The SMILES string of the molecule is Cc1cc(CC(C)(CN)N(C)C)ccc1F. The van der Waals surface area contributed by atoms with Gasteiger partial charge in [-0.2, -0.15) is 0 Å². The van der Waals surface area contributed by atoms with E-state index in [1.54, 1.807) is 6.92 Å². The molecule has 90 valence electrons. The van der Waals surface area contributed by atoms with Crippen LogP contribution in [0.3, 0.4) is 0 Å². The standard InChI is InChI=1S/C13H21FN2/c1-10-7-11(5-6-12(10)14)8-13(2,9-15)16(3)4/h5-7H,8-9,15H2,1-4H3. The summed E-state index contributed by atoms with van der Waals surface area (Å²) in [7, 11) is 4.03. The second kappa shape index (κ2) is 4.93. The second-order valence-corrected chi connectivity index (χ2v) is 4.86. The zero-order valence-electron chi connectivity index (χ0n) is 10.5. The maximum absolute atomic E-state index is 13.1. The van der Waals surface area contributed by atoms with Gasteiger partial charge in [-0.25, -0.2) is 4.39 Å². The van der Waals surface area contributed by atoms with Crippen molar-refractivity contribution >= 4 is 0 Å². The number of benzene rings is 1. The van der Waals surface area contributed by atoms with Crippen LogP contribution in [0.5, 0.6) is 0 Å². The molecule has 0 amide bonds. The van der Waals surface area contributed by atoms with E-state index >= 15 is 0 Å². The second-order valence-electron chi connectivity index (χ2n) is 4.86. The number of rotatable bonds is 4. The van der Waals surface area contributed by atoms with Crippen LogP contribution in [-0.4, -0.2) is 31.1 Å². The summed E-state index contributed by atoms with van der Waals surface area (Å²) in [6, 6.07) is 5.25. The smallest absolute Gasteiger partial charge is 0.126 e. The molecule has 2 nitrogen and oxygen atoms in total. The average Bonchev–Trinajstić information content (AvgIpc) is 2.23. The van der Waals surface area contributed by atoms with Crippen molar-refractivity contribution in [3.05, 3.63) is 35.1 Å². The van der Waals surface area contributed by atoms with Crippen molar-refractivity contribution in [1.29, 1.82) is 0 Å². The maximum Gasteiger partial charge on any atom is 0.126 e. The molecule has 1 atom stereocenters. The third-order valence-electron chi connectivity index (χ3n) is 3.33. The number of hydrogen-bond donors (Lipinski definition) is 1. The number of nitrogens with zero attached hydrogens (tertiary/aromatic N) is 1. The zero-order valence-corrected chi connectivity index (χ0v) is 10.5. The maximum atomic E-state index is 13.1. The van der Waals surface area contributed by atoms with Gasteiger partial charge < -0.3 is 10.6 Å². The van der Waals surface area contributed by atoms with Gasteiger partial charge in [0.05, 0.1) is 0 Å². The molecule has 0 aliphatic heterocycles. The van der Waals surface area contributed by atoms with Gasteiger partial charge in [-0.1, -0.05) is 12.1 Å². The van der Waals surface area contributed by atoms with Crippen LogP contribution >= 0.6 is 0 Å². The minimum atomic E-state index is -0.150. The predicted molar refractivity (Wildman–Crippen MR) is 66.0 cm³/mol. The molecule has 1 rings (SSSR count). The molecule has 0 saturated carbocycles. The lowest BCUT2D eigenvalue weighted by molar-refractivity contribution is 0.181. The molecule has 3 heteroatoms. The van der Waals surface area contributed by atoms with Gasteiger partial charge in [0.2, 0.25) is 0 Å². The molecule has 0 fully saturated rings. The molecule has 0 aromatic heterocycles. The molecule has 1 aromatic carbocycles.